The van der Waals surface area contributed by atoms with Crippen molar-refractivity contribution in [2.45, 2.75) is 18.4 Å². The number of aromatic nitrogens is 2. The third-order valence-corrected chi connectivity index (χ3v) is 5.45. The third-order valence-electron chi connectivity index (χ3n) is 3.60. The maximum atomic E-state index is 12.4. The van der Waals surface area contributed by atoms with Crippen LogP contribution in [0.5, 0.6) is 0 Å². The average molecular weight is 350 g/mol. The van der Waals surface area contributed by atoms with Gasteiger partial charge >= 0.3 is 0 Å². The molecule has 0 bridgehead atoms. The predicted molar refractivity (Wildman–Crippen MR) is 91.1 cm³/mol. The van der Waals surface area contributed by atoms with Crippen molar-refractivity contribution in [3.63, 3.8) is 0 Å². The minimum Gasteiger partial charge on any atom is -0.329 e. The Balaban J connectivity index is 1.72. The summed E-state index contributed by atoms with van der Waals surface area (Å²) >= 11 is 5.87. The molecule has 120 valence electrons. The lowest BCUT2D eigenvalue weighted by molar-refractivity contribution is 0.573. The van der Waals surface area contributed by atoms with E-state index in [1.54, 1.807) is 25.4 Å². The first-order valence-corrected chi connectivity index (χ1v) is 8.99. The highest BCUT2D eigenvalue weighted by molar-refractivity contribution is 7.89. The summed E-state index contributed by atoms with van der Waals surface area (Å²) in [6, 6.07) is 12.5. The minimum absolute atomic E-state index is 0.248. The molecule has 0 aliphatic rings. The number of para-hydroxylation sites is 2. The van der Waals surface area contributed by atoms with Crippen molar-refractivity contribution in [2.75, 3.05) is 6.54 Å². The number of rotatable bonds is 5. The summed E-state index contributed by atoms with van der Waals surface area (Å²) in [5.41, 5.74) is 2.50. The first-order valence-electron chi connectivity index (χ1n) is 7.13. The van der Waals surface area contributed by atoms with Gasteiger partial charge < -0.3 is 4.57 Å². The Morgan fingerprint density at radius 2 is 2.00 bits per heavy atom. The predicted octanol–water partition coefficient (Wildman–Crippen LogP) is 2.98. The van der Waals surface area contributed by atoms with Gasteiger partial charge in [0, 0.05) is 18.1 Å². The molecule has 0 aliphatic carbocycles. The molecule has 1 heterocycles. The molecule has 3 aromatic rings. The second-order valence-electron chi connectivity index (χ2n) is 5.23. The normalized spacial score (nSPS) is 11.9. The van der Waals surface area contributed by atoms with Crippen molar-refractivity contribution in [1.29, 1.82) is 0 Å². The molecule has 0 spiro atoms. The molecule has 3 rings (SSSR count). The summed E-state index contributed by atoms with van der Waals surface area (Å²) in [7, 11) is -3.56. The zero-order valence-corrected chi connectivity index (χ0v) is 14.1. The molecule has 7 heteroatoms. The quantitative estimate of drug-likeness (QED) is 0.770. The molecule has 1 aromatic heterocycles. The Hall–Kier alpha value is -1.89. The molecule has 1 N–H and O–H groups in total. The van der Waals surface area contributed by atoms with E-state index < -0.39 is 10.0 Å². The van der Waals surface area contributed by atoms with Gasteiger partial charge in [-0.15, -0.1) is 0 Å². The van der Waals surface area contributed by atoms with E-state index in [9.17, 15) is 8.42 Å². The smallest absolute Gasteiger partial charge is 0.240 e. The molecule has 0 amide bonds. The van der Waals surface area contributed by atoms with Crippen LogP contribution in [0.1, 0.15) is 5.56 Å². The molecule has 0 radical (unpaired) electrons. The average Bonchev–Trinajstić information content (AvgIpc) is 2.90. The van der Waals surface area contributed by atoms with Gasteiger partial charge in [0.15, 0.2) is 0 Å². The molecular formula is C16H16ClN3O2S. The highest BCUT2D eigenvalue weighted by Gasteiger charge is 2.16. The maximum Gasteiger partial charge on any atom is 0.240 e. The van der Waals surface area contributed by atoms with Gasteiger partial charge in [0.1, 0.15) is 0 Å². The lowest BCUT2D eigenvalue weighted by Gasteiger charge is -2.10. The van der Waals surface area contributed by atoms with E-state index in [0.29, 0.717) is 17.1 Å². The second kappa shape index (κ2) is 6.31. The van der Waals surface area contributed by atoms with Gasteiger partial charge in [0.2, 0.25) is 10.0 Å². The van der Waals surface area contributed by atoms with Gasteiger partial charge in [0.25, 0.3) is 0 Å². The number of nitrogens with one attached hydrogen (secondary N) is 1. The Morgan fingerprint density at radius 3 is 2.78 bits per heavy atom. The molecule has 5 nitrogen and oxygen atoms in total. The SMILES string of the molecule is Cc1cc(Cl)ccc1S(=O)(=O)NCCn1cnc2ccccc21. The lowest BCUT2D eigenvalue weighted by Crippen LogP contribution is -2.27. The summed E-state index contributed by atoms with van der Waals surface area (Å²) in [5.74, 6) is 0. The first kappa shape index (κ1) is 16.0. The van der Waals surface area contributed by atoms with E-state index in [1.165, 1.54) is 6.07 Å². The van der Waals surface area contributed by atoms with Crippen LogP contribution in [0.4, 0.5) is 0 Å². The Bertz CT molecular complexity index is 951. The molecule has 0 saturated carbocycles. The van der Waals surface area contributed by atoms with Crippen LogP contribution in [0.15, 0.2) is 53.7 Å². The number of sulfonamides is 1. The summed E-state index contributed by atoms with van der Waals surface area (Å²) < 4.78 is 29.3. The second-order valence-corrected chi connectivity index (χ2v) is 7.41. The molecule has 0 unspecified atom stereocenters. The summed E-state index contributed by atoms with van der Waals surface area (Å²) in [4.78, 5) is 4.53. The molecule has 0 atom stereocenters. The van der Waals surface area contributed by atoms with Crippen LogP contribution >= 0.6 is 11.6 Å². The number of benzene rings is 2. The fraction of sp³-hybridized carbons (Fsp3) is 0.188. The number of halogens is 1. The lowest BCUT2D eigenvalue weighted by atomic mass is 10.2. The highest BCUT2D eigenvalue weighted by atomic mass is 35.5. The molecule has 0 fully saturated rings. The van der Waals surface area contributed by atoms with E-state index in [4.69, 9.17) is 11.6 Å². The zero-order chi connectivity index (χ0) is 16.4. The Kier molecular flexibility index (Phi) is 4.39. The number of aryl methyl sites for hydroxylation is 1. The number of hydrogen-bond donors (Lipinski definition) is 1. The van der Waals surface area contributed by atoms with Crippen LogP contribution in [0.2, 0.25) is 5.02 Å². The number of hydrogen-bond acceptors (Lipinski definition) is 3. The topological polar surface area (TPSA) is 64.0 Å². The Labute approximate surface area is 140 Å². The molecule has 2 aromatic carbocycles. The van der Waals surface area contributed by atoms with Crippen LogP contribution in [0.3, 0.4) is 0 Å². The van der Waals surface area contributed by atoms with Gasteiger partial charge in [-0.2, -0.15) is 0 Å². The summed E-state index contributed by atoms with van der Waals surface area (Å²) in [5, 5.41) is 0.520. The minimum atomic E-state index is -3.56. The monoisotopic (exact) mass is 349 g/mol. The van der Waals surface area contributed by atoms with Crippen LogP contribution in [0.25, 0.3) is 11.0 Å². The van der Waals surface area contributed by atoms with Crippen LogP contribution < -0.4 is 4.72 Å². The van der Waals surface area contributed by atoms with E-state index in [2.05, 4.69) is 9.71 Å². The Morgan fingerprint density at radius 1 is 1.22 bits per heavy atom. The molecule has 23 heavy (non-hydrogen) atoms. The number of imidazole rings is 1. The van der Waals surface area contributed by atoms with Crippen LogP contribution in [-0.2, 0) is 16.6 Å². The molecule has 0 aliphatic heterocycles. The van der Waals surface area contributed by atoms with E-state index in [-0.39, 0.29) is 11.4 Å². The van der Waals surface area contributed by atoms with Crippen molar-refractivity contribution in [3.05, 3.63) is 59.4 Å². The number of fused-ring (bicyclic) bond motifs is 1. The zero-order valence-electron chi connectivity index (χ0n) is 12.5. The third kappa shape index (κ3) is 3.39. The fourth-order valence-corrected chi connectivity index (χ4v) is 3.95. The van der Waals surface area contributed by atoms with Crippen molar-refractivity contribution in [3.8, 4) is 0 Å². The summed E-state index contributed by atoms with van der Waals surface area (Å²) in [6.07, 6.45) is 1.71. The molecular weight excluding hydrogens is 334 g/mol. The van der Waals surface area contributed by atoms with Crippen molar-refractivity contribution >= 4 is 32.7 Å². The van der Waals surface area contributed by atoms with Gasteiger partial charge in [-0.3, -0.25) is 0 Å². The van der Waals surface area contributed by atoms with E-state index in [1.807, 2.05) is 28.8 Å². The van der Waals surface area contributed by atoms with Crippen molar-refractivity contribution < 1.29 is 8.42 Å². The summed E-state index contributed by atoms with van der Waals surface area (Å²) in [6.45, 7) is 2.51. The van der Waals surface area contributed by atoms with Gasteiger partial charge in [-0.25, -0.2) is 18.1 Å². The van der Waals surface area contributed by atoms with Crippen LogP contribution in [0, 0.1) is 6.92 Å². The maximum absolute atomic E-state index is 12.4. The van der Waals surface area contributed by atoms with E-state index in [0.717, 1.165) is 11.0 Å². The number of nitrogens with zero attached hydrogens (tertiary/aromatic N) is 2. The standard InChI is InChI=1S/C16H16ClN3O2S/c1-12-10-13(17)6-7-16(12)23(21,22)19-8-9-20-11-18-14-4-2-3-5-15(14)20/h2-7,10-11,19H,8-9H2,1H3. The van der Waals surface area contributed by atoms with Crippen molar-refractivity contribution in [2.24, 2.45) is 0 Å². The first-order chi connectivity index (χ1) is 11.0. The van der Waals surface area contributed by atoms with Crippen molar-refractivity contribution in [1.82, 2.24) is 14.3 Å². The highest BCUT2D eigenvalue weighted by Crippen LogP contribution is 2.19. The van der Waals surface area contributed by atoms with Gasteiger partial charge in [-0.1, -0.05) is 23.7 Å². The van der Waals surface area contributed by atoms with Gasteiger partial charge in [0.05, 0.1) is 22.3 Å². The molecule has 0 saturated heterocycles. The van der Waals surface area contributed by atoms with Gasteiger partial charge in [-0.05, 0) is 42.8 Å². The fourth-order valence-electron chi connectivity index (χ4n) is 2.48. The van der Waals surface area contributed by atoms with E-state index >= 15 is 0 Å². The largest absolute Gasteiger partial charge is 0.329 e. The van der Waals surface area contributed by atoms with Crippen LogP contribution in [-0.4, -0.2) is 24.5 Å².